The molecule has 1 aromatic carbocycles. The molecule has 1 amide bonds. The molecule has 1 aliphatic heterocycles. The van der Waals surface area contributed by atoms with E-state index in [-0.39, 0.29) is 11.5 Å². The highest BCUT2D eigenvalue weighted by Gasteiger charge is 2.20. The van der Waals surface area contributed by atoms with Crippen molar-refractivity contribution in [3.8, 4) is 22.1 Å². The number of benzene rings is 1. The third-order valence-electron chi connectivity index (χ3n) is 4.15. The Hall–Kier alpha value is -3.13. The highest BCUT2D eigenvalue weighted by atomic mass is 32.1. The maximum atomic E-state index is 12.7. The fraction of sp³-hybridized carbons (Fsp3) is 0.211. The van der Waals surface area contributed by atoms with Gasteiger partial charge in [-0.15, -0.1) is 11.3 Å². The highest BCUT2D eigenvalue weighted by molar-refractivity contribution is 7.13. The summed E-state index contributed by atoms with van der Waals surface area (Å²) >= 11 is 1.52. The number of fused-ring (bicyclic) bond motifs is 1. The van der Waals surface area contributed by atoms with Gasteiger partial charge < -0.3 is 14.8 Å². The van der Waals surface area contributed by atoms with Gasteiger partial charge in [-0.05, 0) is 36.6 Å². The predicted octanol–water partition coefficient (Wildman–Crippen LogP) is 2.94. The molecule has 3 aromatic rings. The smallest absolute Gasteiger partial charge is 0.267 e. The van der Waals surface area contributed by atoms with Gasteiger partial charge in [0.1, 0.15) is 24.9 Å². The summed E-state index contributed by atoms with van der Waals surface area (Å²) in [7, 11) is 0. The van der Waals surface area contributed by atoms with E-state index >= 15 is 0 Å². The first-order valence-electron chi connectivity index (χ1n) is 8.46. The van der Waals surface area contributed by atoms with Gasteiger partial charge in [0.05, 0.1) is 4.88 Å². The van der Waals surface area contributed by atoms with Gasteiger partial charge in [-0.3, -0.25) is 9.59 Å². The Kier molecular flexibility index (Phi) is 4.64. The minimum Gasteiger partial charge on any atom is -0.486 e. The fourth-order valence-electron chi connectivity index (χ4n) is 2.74. The normalized spacial score (nSPS) is 13.8. The number of anilines is 1. The van der Waals surface area contributed by atoms with Crippen LogP contribution in [-0.4, -0.2) is 28.9 Å². The van der Waals surface area contributed by atoms with Crippen LogP contribution in [0.3, 0.4) is 0 Å². The molecule has 0 bridgehead atoms. The third-order valence-corrected chi connectivity index (χ3v) is 5.05. The lowest BCUT2D eigenvalue weighted by Crippen LogP contribution is -2.33. The minimum absolute atomic E-state index is 0.333. The number of ether oxygens (including phenoxy) is 2. The number of nitrogens with zero attached hydrogens (tertiary/aromatic N) is 2. The summed E-state index contributed by atoms with van der Waals surface area (Å²) in [6.07, 6.45) is 0. The Labute approximate surface area is 159 Å². The first-order valence-corrected chi connectivity index (χ1v) is 9.34. The van der Waals surface area contributed by atoms with Gasteiger partial charge in [0.2, 0.25) is 5.91 Å². The van der Waals surface area contributed by atoms with E-state index in [2.05, 4.69) is 10.4 Å². The predicted molar refractivity (Wildman–Crippen MR) is 103 cm³/mol. The maximum Gasteiger partial charge on any atom is 0.267 e. The van der Waals surface area contributed by atoms with Crippen molar-refractivity contribution >= 4 is 22.9 Å². The molecular formula is C19H17N3O4S. The van der Waals surface area contributed by atoms with Crippen LogP contribution in [0.15, 0.2) is 52.6 Å². The topological polar surface area (TPSA) is 82.4 Å². The number of amides is 1. The van der Waals surface area contributed by atoms with Crippen molar-refractivity contribution in [1.82, 2.24) is 9.78 Å². The molecule has 27 heavy (non-hydrogen) atoms. The Morgan fingerprint density at radius 1 is 1.19 bits per heavy atom. The molecule has 7 nitrogen and oxygen atoms in total. The number of rotatable bonds is 4. The Morgan fingerprint density at radius 3 is 2.78 bits per heavy atom. The van der Waals surface area contributed by atoms with Gasteiger partial charge in [0, 0.05) is 17.8 Å². The van der Waals surface area contributed by atoms with Crippen molar-refractivity contribution in [3.63, 3.8) is 0 Å². The van der Waals surface area contributed by atoms with Crippen molar-refractivity contribution in [1.29, 1.82) is 0 Å². The van der Waals surface area contributed by atoms with E-state index in [1.807, 2.05) is 17.5 Å². The quantitative estimate of drug-likeness (QED) is 0.749. The summed E-state index contributed by atoms with van der Waals surface area (Å²) in [5, 5.41) is 9.09. The summed E-state index contributed by atoms with van der Waals surface area (Å²) in [5.74, 6) is 0.889. The molecule has 0 fully saturated rings. The molecule has 8 heteroatoms. The van der Waals surface area contributed by atoms with Crippen molar-refractivity contribution in [3.05, 3.63) is 58.2 Å². The first kappa shape index (κ1) is 17.3. The fourth-order valence-corrected chi connectivity index (χ4v) is 3.43. The molecule has 1 atom stereocenters. The largest absolute Gasteiger partial charge is 0.486 e. The van der Waals surface area contributed by atoms with E-state index in [1.54, 1.807) is 31.2 Å². The van der Waals surface area contributed by atoms with Gasteiger partial charge in [0.25, 0.3) is 5.56 Å². The highest BCUT2D eigenvalue weighted by Crippen LogP contribution is 2.32. The van der Waals surface area contributed by atoms with E-state index < -0.39 is 6.04 Å². The number of hydrogen-bond donors (Lipinski definition) is 1. The molecule has 2 aromatic heterocycles. The zero-order valence-electron chi connectivity index (χ0n) is 14.5. The average molecular weight is 383 g/mol. The Morgan fingerprint density at radius 2 is 2.00 bits per heavy atom. The van der Waals surface area contributed by atoms with E-state index in [4.69, 9.17) is 9.47 Å². The van der Waals surface area contributed by atoms with Crippen LogP contribution in [0.5, 0.6) is 11.5 Å². The Balaban J connectivity index is 1.56. The monoisotopic (exact) mass is 383 g/mol. The van der Waals surface area contributed by atoms with Crippen molar-refractivity contribution in [2.24, 2.45) is 0 Å². The number of carbonyl (C=O) groups excluding carboxylic acids is 1. The molecule has 3 heterocycles. The van der Waals surface area contributed by atoms with Gasteiger partial charge in [0.15, 0.2) is 11.5 Å². The summed E-state index contributed by atoms with van der Waals surface area (Å²) in [6.45, 7) is 2.61. The van der Waals surface area contributed by atoms with Gasteiger partial charge >= 0.3 is 0 Å². The first-order chi connectivity index (χ1) is 13.1. The maximum absolute atomic E-state index is 12.7. The zero-order valence-corrected chi connectivity index (χ0v) is 15.4. The van der Waals surface area contributed by atoms with Crippen LogP contribution >= 0.6 is 11.3 Å². The van der Waals surface area contributed by atoms with Crippen LogP contribution in [0.1, 0.15) is 13.0 Å². The van der Waals surface area contributed by atoms with Crippen LogP contribution in [0.4, 0.5) is 5.69 Å². The van der Waals surface area contributed by atoms with Crippen LogP contribution in [0, 0.1) is 0 Å². The van der Waals surface area contributed by atoms with Gasteiger partial charge in [-0.25, -0.2) is 4.68 Å². The molecule has 0 spiro atoms. The number of hydrogen-bond acceptors (Lipinski definition) is 6. The standard InChI is InChI=1S/C19H17N3O4S/c1-12(22-18(23)7-5-14(21-22)17-3-2-10-27-17)19(24)20-13-4-6-15-16(11-13)26-9-8-25-15/h2-7,10-12H,8-9H2,1H3,(H,20,24). The van der Waals surface area contributed by atoms with E-state index in [0.29, 0.717) is 36.1 Å². The molecule has 1 N–H and O–H groups in total. The zero-order chi connectivity index (χ0) is 18.8. The number of carbonyl (C=O) groups is 1. The molecule has 4 rings (SSSR count). The van der Waals surface area contributed by atoms with Crippen LogP contribution < -0.4 is 20.3 Å². The Bertz CT molecular complexity index is 1030. The molecule has 0 saturated heterocycles. The molecule has 0 saturated carbocycles. The molecule has 1 aliphatic rings. The van der Waals surface area contributed by atoms with Crippen molar-refractivity contribution in [2.75, 3.05) is 18.5 Å². The summed E-state index contributed by atoms with van der Waals surface area (Å²) in [6, 6.07) is 11.3. The van der Waals surface area contributed by atoms with Gasteiger partial charge in [-0.2, -0.15) is 5.10 Å². The molecular weight excluding hydrogens is 366 g/mol. The molecule has 138 valence electrons. The summed E-state index contributed by atoms with van der Waals surface area (Å²) in [5.41, 5.74) is 0.891. The average Bonchev–Trinajstić information content (AvgIpc) is 3.22. The third kappa shape index (κ3) is 3.56. The van der Waals surface area contributed by atoms with Gasteiger partial charge in [-0.1, -0.05) is 6.07 Å². The van der Waals surface area contributed by atoms with E-state index in [0.717, 1.165) is 4.88 Å². The summed E-state index contributed by atoms with van der Waals surface area (Å²) in [4.78, 5) is 25.8. The SMILES string of the molecule is CC(C(=O)Nc1ccc2c(c1)OCCO2)n1nc(-c2cccs2)ccc1=O. The van der Waals surface area contributed by atoms with Crippen LogP contribution in [-0.2, 0) is 4.79 Å². The number of thiophene rings is 1. The number of nitrogens with one attached hydrogen (secondary N) is 1. The second-order valence-corrected chi connectivity index (χ2v) is 6.95. The molecule has 0 aliphatic carbocycles. The lowest BCUT2D eigenvalue weighted by Gasteiger charge is -2.19. The second-order valence-electron chi connectivity index (χ2n) is 6.00. The van der Waals surface area contributed by atoms with Crippen molar-refractivity contribution < 1.29 is 14.3 Å². The minimum atomic E-state index is -0.773. The summed E-state index contributed by atoms with van der Waals surface area (Å²) < 4.78 is 12.2. The molecule has 1 unspecified atom stereocenters. The van der Waals surface area contributed by atoms with Crippen LogP contribution in [0.2, 0.25) is 0 Å². The van der Waals surface area contributed by atoms with Crippen molar-refractivity contribution in [2.45, 2.75) is 13.0 Å². The second kappa shape index (κ2) is 7.24. The lowest BCUT2D eigenvalue weighted by atomic mass is 10.2. The van der Waals surface area contributed by atoms with Crippen LogP contribution in [0.25, 0.3) is 10.6 Å². The lowest BCUT2D eigenvalue weighted by molar-refractivity contribution is -0.119. The van der Waals surface area contributed by atoms with E-state index in [1.165, 1.54) is 22.1 Å². The number of aromatic nitrogens is 2. The van der Waals surface area contributed by atoms with E-state index in [9.17, 15) is 9.59 Å². The molecule has 0 radical (unpaired) electrons.